The van der Waals surface area contributed by atoms with E-state index >= 15 is 0 Å². The molecule has 3 N–H and O–H groups in total. The highest BCUT2D eigenvalue weighted by Crippen LogP contribution is 2.36. The van der Waals surface area contributed by atoms with Crippen LogP contribution in [0.25, 0.3) is 34.2 Å². The number of carboxylic acids is 1. The molecular weight excluding hydrogens is 674 g/mol. The van der Waals surface area contributed by atoms with Gasteiger partial charge in [0, 0.05) is 71.4 Å². The van der Waals surface area contributed by atoms with E-state index in [1.807, 2.05) is 84.2 Å². The van der Waals surface area contributed by atoms with Gasteiger partial charge in [-0.1, -0.05) is 29.8 Å². The number of fused-ring (bicyclic) bond motifs is 1. The summed E-state index contributed by atoms with van der Waals surface area (Å²) in [4.78, 5) is 27.7. The number of carboxylic acid groups (broad SMARTS) is 1. The lowest BCUT2D eigenvalue weighted by atomic mass is 9.94. The van der Waals surface area contributed by atoms with Gasteiger partial charge in [-0.3, -0.25) is 9.97 Å². The fourth-order valence-corrected chi connectivity index (χ4v) is 7.15. The zero-order valence-electron chi connectivity index (χ0n) is 28.7. The van der Waals surface area contributed by atoms with Crippen LogP contribution in [0.4, 0.5) is 17.2 Å². The zero-order chi connectivity index (χ0) is 36.4. The molecule has 6 aromatic rings. The maximum absolute atomic E-state index is 11.9. The van der Waals surface area contributed by atoms with E-state index in [1.54, 1.807) is 30.7 Å². The highest BCUT2D eigenvalue weighted by atomic mass is 35.5. The van der Waals surface area contributed by atoms with Gasteiger partial charge in [-0.15, -0.1) is 0 Å². The van der Waals surface area contributed by atoms with Crippen LogP contribution in [0.1, 0.15) is 52.8 Å². The molecule has 0 amide bonds. The summed E-state index contributed by atoms with van der Waals surface area (Å²) in [7, 11) is 0. The van der Waals surface area contributed by atoms with Crippen LogP contribution >= 0.6 is 11.6 Å². The molecule has 0 radical (unpaired) electrons. The van der Waals surface area contributed by atoms with E-state index in [4.69, 9.17) is 16.6 Å². The molecule has 1 fully saturated rings. The van der Waals surface area contributed by atoms with Gasteiger partial charge in [-0.05, 0) is 109 Å². The van der Waals surface area contributed by atoms with Crippen molar-refractivity contribution in [2.45, 2.75) is 45.7 Å². The second-order valence-corrected chi connectivity index (χ2v) is 13.4. The average Bonchev–Trinajstić information content (AvgIpc) is 3.56. The van der Waals surface area contributed by atoms with Crippen molar-refractivity contribution in [2.24, 2.45) is 0 Å². The van der Waals surface area contributed by atoms with E-state index in [9.17, 15) is 20.3 Å². The molecule has 7 rings (SSSR count). The molecule has 0 saturated carbocycles. The van der Waals surface area contributed by atoms with Gasteiger partial charge in [0.25, 0.3) is 0 Å². The molecule has 260 valence electrons. The second kappa shape index (κ2) is 14.6. The normalized spacial score (nSPS) is 14.5. The lowest BCUT2D eigenvalue weighted by Crippen LogP contribution is -2.45. The Morgan fingerprint density at radius 1 is 1.06 bits per heavy atom. The maximum Gasteiger partial charge on any atom is 0.326 e. The van der Waals surface area contributed by atoms with Crippen molar-refractivity contribution in [3.05, 3.63) is 124 Å². The molecule has 1 saturated heterocycles. The van der Waals surface area contributed by atoms with Crippen molar-refractivity contribution in [1.29, 1.82) is 5.26 Å². The van der Waals surface area contributed by atoms with Gasteiger partial charge in [-0.2, -0.15) is 5.26 Å². The van der Waals surface area contributed by atoms with Crippen LogP contribution in [0.5, 0.6) is 5.75 Å². The number of aliphatic carboxylic acids is 1. The largest absolute Gasteiger partial charge is 0.506 e. The van der Waals surface area contributed by atoms with Crippen molar-refractivity contribution < 1.29 is 15.0 Å². The van der Waals surface area contributed by atoms with Gasteiger partial charge in [-0.25, -0.2) is 9.78 Å². The Hall–Kier alpha value is -6.18. The summed E-state index contributed by atoms with van der Waals surface area (Å²) in [5.74, 6) is 0.00501. The Kier molecular flexibility index (Phi) is 9.61. The Bertz CT molecular complexity index is 2400. The Morgan fingerprint density at radius 2 is 1.90 bits per heavy atom. The molecular formula is C41H36ClN7O3. The fourth-order valence-electron chi connectivity index (χ4n) is 6.93. The van der Waals surface area contributed by atoms with Gasteiger partial charge in [0.05, 0.1) is 11.3 Å². The third-order valence-electron chi connectivity index (χ3n) is 9.56. The van der Waals surface area contributed by atoms with E-state index in [0.29, 0.717) is 41.6 Å². The molecule has 5 heterocycles. The molecule has 2 aromatic carbocycles. The standard InChI is InChI=1S/C41H36ClN7O3/c1-25-18-28(34(42)20-38(25)49-16-4-3-8-37(49)41(51)52)9-10-36-33(21-43)32(12-15-44-36)31-6-5-7-35(26(31)2)47-40-39-29(11-14-45-40)19-27(22-46-39)23-48-17-13-30(50)24-48/h5-7,9-15,17-20,22,24,37,50H,3-4,8,16,23H2,1-2H3,(H,45,47)(H,51,52)/b10-9+. The van der Waals surface area contributed by atoms with Gasteiger partial charge in [0.15, 0.2) is 5.82 Å². The number of aromatic hydroxyl groups is 1. The second-order valence-electron chi connectivity index (χ2n) is 13.0. The van der Waals surface area contributed by atoms with E-state index in [0.717, 1.165) is 68.5 Å². The van der Waals surface area contributed by atoms with E-state index in [2.05, 4.69) is 27.4 Å². The monoisotopic (exact) mass is 709 g/mol. The predicted octanol–water partition coefficient (Wildman–Crippen LogP) is 8.75. The number of hydrogen-bond acceptors (Lipinski definition) is 8. The number of benzene rings is 2. The topological polar surface area (TPSA) is 140 Å². The number of aryl methyl sites for hydroxylation is 1. The molecule has 0 aliphatic carbocycles. The van der Waals surface area contributed by atoms with Crippen LogP contribution in [0.2, 0.25) is 5.02 Å². The average molecular weight is 710 g/mol. The van der Waals surface area contributed by atoms with E-state index < -0.39 is 12.0 Å². The maximum atomic E-state index is 11.9. The number of rotatable bonds is 9. The number of carbonyl (C=O) groups is 1. The highest BCUT2D eigenvalue weighted by Gasteiger charge is 2.29. The third-order valence-corrected chi connectivity index (χ3v) is 9.89. The van der Waals surface area contributed by atoms with Crippen molar-refractivity contribution in [3.63, 3.8) is 0 Å². The number of hydrogen-bond donors (Lipinski definition) is 3. The molecule has 0 bridgehead atoms. The summed E-state index contributed by atoms with van der Waals surface area (Å²) >= 11 is 6.76. The third kappa shape index (κ3) is 6.91. The van der Waals surface area contributed by atoms with Crippen LogP contribution < -0.4 is 10.2 Å². The van der Waals surface area contributed by atoms with Gasteiger partial charge >= 0.3 is 5.97 Å². The Morgan fingerprint density at radius 3 is 2.69 bits per heavy atom. The number of piperidine rings is 1. The molecule has 10 nitrogen and oxygen atoms in total. The van der Waals surface area contributed by atoms with Gasteiger partial charge in [0.2, 0.25) is 0 Å². The lowest BCUT2D eigenvalue weighted by Gasteiger charge is -2.36. The van der Waals surface area contributed by atoms with E-state index in [1.165, 1.54) is 0 Å². The van der Waals surface area contributed by atoms with Crippen molar-refractivity contribution in [2.75, 3.05) is 16.8 Å². The molecule has 11 heteroatoms. The first-order chi connectivity index (χ1) is 25.2. The number of pyridine rings is 3. The fraction of sp³-hybridized carbons (Fsp3) is 0.195. The molecule has 1 atom stereocenters. The quantitative estimate of drug-likeness (QED) is 0.134. The van der Waals surface area contributed by atoms with Gasteiger partial charge in [0.1, 0.15) is 23.4 Å². The SMILES string of the molecule is Cc1cc(/C=C/c2nccc(-c3cccc(Nc4nccc5cc(Cn6ccc(O)c6)cnc45)c3C)c2C#N)c(Cl)cc1N1CCCCC1C(=O)O. The van der Waals surface area contributed by atoms with Gasteiger partial charge < -0.3 is 25.0 Å². The van der Waals surface area contributed by atoms with Crippen molar-refractivity contribution >= 4 is 57.8 Å². The van der Waals surface area contributed by atoms with E-state index in [-0.39, 0.29) is 5.75 Å². The Balaban J connectivity index is 1.16. The number of halogens is 1. The number of nitriles is 1. The summed E-state index contributed by atoms with van der Waals surface area (Å²) in [6.45, 7) is 5.20. The predicted molar refractivity (Wildman–Crippen MR) is 205 cm³/mol. The minimum Gasteiger partial charge on any atom is -0.506 e. The first kappa shape index (κ1) is 34.3. The molecule has 1 unspecified atom stereocenters. The summed E-state index contributed by atoms with van der Waals surface area (Å²) in [5.41, 5.74) is 8.50. The minimum absolute atomic E-state index is 0.219. The number of anilines is 3. The van der Waals surface area contributed by atoms with Crippen LogP contribution in [0, 0.1) is 25.2 Å². The Labute approximate surface area is 306 Å². The molecule has 0 spiro atoms. The summed E-state index contributed by atoms with van der Waals surface area (Å²) in [5, 5.41) is 34.8. The first-order valence-corrected chi connectivity index (χ1v) is 17.4. The van der Waals surface area contributed by atoms with Crippen LogP contribution in [-0.2, 0) is 11.3 Å². The smallest absolute Gasteiger partial charge is 0.326 e. The molecule has 52 heavy (non-hydrogen) atoms. The molecule has 1 aliphatic rings. The first-order valence-electron chi connectivity index (χ1n) is 17.0. The van der Waals surface area contributed by atoms with Crippen LogP contribution in [0.3, 0.4) is 0 Å². The van der Waals surface area contributed by atoms with Crippen molar-refractivity contribution in [3.8, 4) is 22.9 Å². The van der Waals surface area contributed by atoms with Crippen molar-refractivity contribution in [1.82, 2.24) is 19.5 Å². The van der Waals surface area contributed by atoms with Crippen LogP contribution in [0.15, 0.2) is 85.6 Å². The molecule has 1 aliphatic heterocycles. The summed E-state index contributed by atoms with van der Waals surface area (Å²) in [6.07, 6.45) is 14.8. The minimum atomic E-state index is -0.824. The zero-order valence-corrected chi connectivity index (χ0v) is 29.5. The lowest BCUT2D eigenvalue weighted by molar-refractivity contribution is -0.139. The number of nitrogens with one attached hydrogen (secondary N) is 1. The highest BCUT2D eigenvalue weighted by molar-refractivity contribution is 6.32. The molecule has 4 aromatic heterocycles. The summed E-state index contributed by atoms with van der Waals surface area (Å²) in [6, 6.07) is 18.9. The summed E-state index contributed by atoms with van der Waals surface area (Å²) < 4.78 is 1.89. The number of aromatic nitrogens is 4. The van der Waals surface area contributed by atoms with Crippen LogP contribution in [-0.4, -0.2) is 48.3 Å². The number of nitrogens with zero attached hydrogens (tertiary/aromatic N) is 6.